The number of hydrogen-bond acceptors (Lipinski definition) is 3. The van der Waals surface area contributed by atoms with E-state index in [0.29, 0.717) is 12.1 Å². The average Bonchev–Trinajstić information content (AvgIpc) is 3.08. The fourth-order valence-corrected chi connectivity index (χ4v) is 3.50. The largest absolute Gasteiger partial charge is 0.300 e. The minimum atomic E-state index is 0.408. The van der Waals surface area contributed by atoms with Crippen LogP contribution in [-0.2, 0) is 12.8 Å². The number of aryl methyl sites for hydroxylation is 2. The monoisotopic (exact) mass is 257 g/mol. The average molecular weight is 257 g/mol. The van der Waals surface area contributed by atoms with E-state index in [0.717, 1.165) is 12.8 Å². The third-order valence-electron chi connectivity index (χ3n) is 4.48. The lowest BCUT2D eigenvalue weighted by atomic mass is 9.89. The third-order valence-corrected chi connectivity index (χ3v) is 4.48. The van der Waals surface area contributed by atoms with Crippen molar-refractivity contribution in [1.82, 2.24) is 25.7 Å². The van der Waals surface area contributed by atoms with E-state index in [2.05, 4.69) is 25.7 Å². The zero-order chi connectivity index (χ0) is 12.7. The molecule has 2 aromatic heterocycles. The van der Waals surface area contributed by atoms with Gasteiger partial charge in [-0.25, -0.2) is 0 Å². The topological polar surface area (TPSA) is 69.4 Å². The highest BCUT2D eigenvalue weighted by atomic mass is 15.2. The van der Waals surface area contributed by atoms with Crippen LogP contribution in [-0.4, -0.2) is 20.4 Å². The van der Waals surface area contributed by atoms with E-state index in [4.69, 9.17) is 0 Å². The maximum Gasteiger partial charge on any atom is 0.0553 e. The van der Waals surface area contributed by atoms with Gasteiger partial charge in [0.15, 0.2) is 0 Å². The predicted molar refractivity (Wildman–Crippen MR) is 71.7 cm³/mol. The van der Waals surface area contributed by atoms with Gasteiger partial charge in [-0.3, -0.25) is 10.2 Å². The van der Waals surface area contributed by atoms with E-state index >= 15 is 0 Å². The number of hydrogen-bond donors (Lipinski definition) is 3. The molecule has 5 nitrogen and oxygen atoms in total. The Bertz CT molecular complexity index is 520. The van der Waals surface area contributed by atoms with Crippen LogP contribution in [0.3, 0.4) is 0 Å². The SMILES string of the molecule is c1n[nH]c2c1CCCC2NC1CCCc2cn[nH]c21. The van der Waals surface area contributed by atoms with Gasteiger partial charge in [-0.05, 0) is 49.7 Å². The van der Waals surface area contributed by atoms with Crippen LogP contribution in [0.5, 0.6) is 0 Å². The van der Waals surface area contributed by atoms with Crippen molar-refractivity contribution < 1.29 is 0 Å². The van der Waals surface area contributed by atoms with E-state index in [1.807, 2.05) is 12.4 Å². The van der Waals surface area contributed by atoms with Crippen LogP contribution in [0.15, 0.2) is 12.4 Å². The van der Waals surface area contributed by atoms with Gasteiger partial charge in [-0.2, -0.15) is 10.2 Å². The van der Waals surface area contributed by atoms with Crippen LogP contribution in [0.2, 0.25) is 0 Å². The molecule has 0 aliphatic heterocycles. The zero-order valence-corrected chi connectivity index (χ0v) is 10.9. The smallest absolute Gasteiger partial charge is 0.0553 e. The molecule has 4 rings (SSSR count). The molecule has 2 aliphatic rings. The quantitative estimate of drug-likeness (QED) is 0.772. The number of aromatic nitrogens is 4. The van der Waals surface area contributed by atoms with E-state index in [9.17, 15) is 0 Å². The third kappa shape index (κ3) is 1.89. The summed E-state index contributed by atoms with van der Waals surface area (Å²) >= 11 is 0. The summed E-state index contributed by atoms with van der Waals surface area (Å²) in [5, 5.41) is 18.5. The molecule has 2 unspecified atom stereocenters. The van der Waals surface area contributed by atoms with Gasteiger partial charge in [0.05, 0.1) is 23.8 Å². The van der Waals surface area contributed by atoms with Gasteiger partial charge in [0.1, 0.15) is 0 Å². The van der Waals surface area contributed by atoms with E-state index in [1.165, 1.54) is 48.2 Å². The number of aromatic amines is 2. The Morgan fingerprint density at radius 3 is 1.95 bits per heavy atom. The fraction of sp³-hybridized carbons (Fsp3) is 0.571. The van der Waals surface area contributed by atoms with Crippen LogP contribution < -0.4 is 5.32 Å². The summed E-state index contributed by atoms with van der Waals surface area (Å²) in [6.07, 6.45) is 11.1. The number of nitrogens with one attached hydrogen (secondary N) is 3. The Morgan fingerprint density at radius 1 is 0.895 bits per heavy atom. The highest BCUT2D eigenvalue weighted by molar-refractivity contribution is 5.26. The summed E-state index contributed by atoms with van der Waals surface area (Å²) in [5.74, 6) is 0. The molecule has 5 heteroatoms. The molecule has 0 fully saturated rings. The molecule has 0 radical (unpaired) electrons. The summed E-state index contributed by atoms with van der Waals surface area (Å²) in [6.45, 7) is 0. The van der Waals surface area contributed by atoms with Crippen molar-refractivity contribution in [2.75, 3.05) is 0 Å². The molecule has 2 aliphatic carbocycles. The molecule has 0 spiro atoms. The van der Waals surface area contributed by atoms with Crippen molar-refractivity contribution in [2.45, 2.75) is 50.6 Å². The van der Waals surface area contributed by atoms with Crippen molar-refractivity contribution in [2.24, 2.45) is 0 Å². The Kier molecular flexibility index (Phi) is 2.65. The normalized spacial score (nSPS) is 25.9. The van der Waals surface area contributed by atoms with E-state index in [1.54, 1.807) is 0 Å². The molecule has 100 valence electrons. The Morgan fingerprint density at radius 2 is 1.42 bits per heavy atom. The second-order valence-corrected chi connectivity index (χ2v) is 5.67. The van der Waals surface area contributed by atoms with Crippen molar-refractivity contribution in [3.05, 3.63) is 34.9 Å². The van der Waals surface area contributed by atoms with Crippen molar-refractivity contribution in [1.29, 1.82) is 0 Å². The summed E-state index contributed by atoms with van der Waals surface area (Å²) in [7, 11) is 0. The first kappa shape index (κ1) is 11.2. The zero-order valence-electron chi connectivity index (χ0n) is 10.9. The van der Waals surface area contributed by atoms with Crippen molar-refractivity contribution in [3.8, 4) is 0 Å². The first-order valence-corrected chi connectivity index (χ1v) is 7.22. The minimum absolute atomic E-state index is 0.408. The number of nitrogens with zero attached hydrogens (tertiary/aromatic N) is 2. The van der Waals surface area contributed by atoms with Gasteiger partial charge < -0.3 is 5.32 Å². The molecule has 2 heterocycles. The Labute approximate surface area is 112 Å². The molecule has 19 heavy (non-hydrogen) atoms. The van der Waals surface area contributed by atoms with Gasteiger partial charge in [-0.1, -0.05) is 0 Å². The molecular formula is C14H19N5. The lowest BCUT2D eigenvalue weighted by Gasteiger charge is -2.30. The molecule has 0 aromatic carbocycles. The molecule has 2 atom stereocenters. The molecule has 0 bridgehead atoms. The van der Waals surface area contributed by atoms with Crippen LogP contribution >= 0.6 is 0 Å². The predicted octanol–water partition coefficient (Wildman–Crippen LogP) is 2.18. The maximum absolute atomic E-state index is 4.20. The van der Waals surface area contributed by atoms with Gasteiger partial charge in [0.2, 0.25) is 0 Å². The lowest BCUT2D eigenvalue weighted by molar-refractivity contribution is 0.359. The summed E-state index contributed by atoms with van der Waals surface area (Å²) in [5.41, 5.74) is 5.34. The molecule has 3 N–H and O–H groups in total. The number of fused-ring (bicyclic) bond motifs is 2. The van der Waals surface area contributed by atoms with Crippen LogP contribution in [0.1, 0.15) is 60.3 Å². The first-order valence-electron chi connectivity index (χ1n) is 7.22. The van der Waals surface area contributed by atoms with E-state index < -0.39 is 0 Å². The molecule has 0 amide bonds. The molecular weight excluding hydrogens is 238 g/mol. The fourth-order valence-electron chi connectivity index (χ4n) is 3.50. The lowest BCUT2D eigenvalue weighted by Crippen LogP contribution is -2.31. The molecule has 2 aromatic rings. The van der Waals surface area contributed by atoms with Gasteiger partial charge in [-0.15, -0.1) is 0 Å². The second kappa shape index (κ2) is 4.49. The number of rotatable bonds is 2. The second-order valence-electron chi connectivity index (χ2n) is 5.67. The van der Waals surface area contributed by atoms with Gasteiger partial charge >= 0.3 is 0 Å². The first-order chi connectivity index (χ1) is 9.42. The van der Waals surface area contributed by atoms with Crippen molar-refractivity contribution >= 4 is 0 Å². The standard InChI is InChI=1S/C14H19N5/c1-3-9-7-15-18-13(9)11(5-1)17-12-6-2-4-10-8-16-19-14(10)12/h7-8,11-12,17H,1-6H2,(H,15,18)(H,16,19). The van der Waals surface area contributed by atoms with Gasteiger partial charge in [0, 0.05) is 12.1 Å². The summed E-state index contributed by atoms with van der Waals surface area (Å²) < 4.78 is 0. The number of H-pyrrole nitrogens is 2. The van der Waals surface area contributed by atoms with Crippen LogP contribution in [0, 0.1) is 0 Å². The van der Waals surface area contributed by atoms with Crippen molar-refractivity contribution in [3.63, 3.8) is 0 Å². The highest BCUT2D eigenvalue weighted by Gasteiger charge is 2.28. The van der Waals surface area contributed by atoms with Crippen LogP contribution in [0.4, 0.5) is 0 Å². The van der Waals surface area contributed by atoms with Gasteiger partial charge in [0.25, 0.3) is 0 Å². The minimum Gasteiger partial charge on any atom is -0.300 e. The maximum atomic E-state index is 4.20. The van der Waals surface area contributed by atoms with Crippen LogP contribution in [0.25, 0.3) is 0 Å². The van der Waals surface area contributed by atoms with E-state index in [-0.39, 0.29) is 0 Å². The highest BCUT2D eigenvalue weighted by Crippen LogP contribution is 2.34. The molecule has 0 saturated heterocycles. The Hall–Kier alpha value is -1.62. The Balaban J connectivity index is 1.58. The molecule has 0 saturated carbocycles. The summed E-state index contributed by atoms with van der Waals surface area (Å²) in [4.78, 5) is 0. The summed E-state index contributed by atoms with van der Waals surface area (Å²) in [6, 6.07) is 0.816.